The Balaban J connectivity index is 2.79. The van der Waals surface area contributed by atoms with E-state index in [9.17, 15) is 9.59 Å². The zero-order chi connectivity index (χ0) is 25.8. The van der Waals surface area contributed by atoms with E-state index in [1.54, 1.807) is 18.3 Å². The standard InChI is InChI=1S/C24H37N3O6S/c1-23(2,20(28)30-5)11-7-13-32-18-10-9-17(16-26-27-22(25)34)19(15-18)33-14-8-12-24(3,4)21(29)31-6/h9-10,15-16H,7-8,11-14H2,1-6H3,(H3,25,27,34). The lowest BCUT2D eigenvalue weighted by molar-refractivity contribution is -0.152. The van der Waals surface area contributed by atoms with E-state index in [2.05, 4.69) is 10.5 Å². The first kappa shape index (κ1) is 29.2. The summed E-state index contributed by atoms with van der Waals surface area (Å²) in [6.07, 6.45) is 4.13. The van der Waals surface area contributed by atoms with Gasteiger partial charge in [-0.15, -0.1) is 0 Å². The summed E-state index contributed by atoms with van der Waals surface area (Å²) in [7, 11) is 2.77. The van der Waals surface area contributed by atoms with Crippen LogP contribution in [0, 0.1) is 10.8 Å². The Kier molecular flexibility index (Phi) is 11.8. The number of thiocarbonyl (C=S) groups is 1. The van der Waals surface area contributed by atoms with E-state index in [-0.39, 0.29) is 17.1 Å². The van der Waals surface area contributed by atoms with Crippen molar-refractivity contribution in [2.24, 2.45) is 21.7 Å². The molecule has 10 heteroatoms. The first-order chi connectivity index (χ1) is 15.9. The van der Waals surface area contributed by atoms with Gasteiger partial charge in [0.05, 0.1) is 44.5 Å². The fourth-order valence-electron chi connectivity index (χ4n) is 3.16. The van der Waals surface area contributed by atoms with Gasteiger partial charge in [-0.25, -0.2) is 0 Å². The molecule has 0 saturated carbocycles. The van der Waals surface area contributed by atoms with Crippen molar-refractivity contribution in [2.45, 2.75) is 53.4 Å². The van der Waals surface area contributed by atoms with E-state index in [0.29, 0.717) is 56.0 Å². The van der Waals surface area contributed by atoms with E-state index in [1.807, 2.05) is 33.8 Å². The molecule has 3 N–H and O–H groups in total. The van der Waals surface area contributed by atoms with Crippen LogP contribution in [0.25, 0.3) is 0 Å². The SMILES string of the molecule is COC(=O)C(C)(C)CCCOc1ccc(C=NNC(N)=S)c(OCCCC(C)(C)C(=O)OC)c1. The minimum Gasteiger partial charge on any atom is -0.493 e. The molecule has 1 rings (SSSR count). The number of nitrogens with one attached hydrogen (secondary N) is 1. The Bertz CT molecular complexity index is 870. The van der Waals surface area contributed by atoms with Crippen molar-refractivity contribution in [3.8, 4) is 11.5 Å². The first-order valence-corrected chi connectivity index (χ1v) is 11.5. The zero-order valence-corrected chi connectivity index (χ0v) is 21.8. The van der Waals surface area contributed by atoms with Crippen molar-refractivity contribution in [1.29, 1.82) is 0 Å². The highest BCUT2D eigenvalue weighted by Gasteiger charge is 2.28. The highest BCUT2D eigenvalue weighted by atomic mass is 32.1. The van der Waals surface area contributed by atoms with Gasteiger partial charge in [-0.2, -0.15) is 5.10 Å². The van der Waals surface area contributed by atoms with E-state index >= 15 is 0 Å². The number of methoxy groups -OCH3 is 2. The van der Waals surface area contributed by atoms with Crippen LogP contribution < -0.4 is 20.6 Å². The number of hydrogen-bond acceptors (Lipinski definition) is 8. The number of esters is 2. The van der Waals surface area contributed by atoms with Gasteiger partial charge in [0.15, 0.2) is 5.11 Å². The quantitative estimate of drug-likeness (QED) is 0.131. The molecular formula is C24H37N3O6S. The summed E-state index contributed by atoms with van der Waals surface area (Å²) < 4.78 is 21.5. The molecule has 0 saturated heterocycles. The second-order valence-corrected chi connectivity index (χ2v) is 9.53. The van der Waals surface area contributed by atoms with E-state index < -0.39 is 10.8 Å². The normalized spacial score (nSPS) is 11.7. The van der Waals surface area contributed by atoms with Crippen LogP contribution in [0.4, 0.5) is 0 Å². The molecular weight excluding hydrogens is 458 g/mol. The Labute approximate surface area is 207 Å². The third kappa shape index (κ3) is 9.94. The number of hydrogen-bond donors (Lipinski definition) is 2. The molecule has 0 bridgehead atoms. The smallest absolute Gasteiger partial charge is 0.311 e. The van der Waals surface area contributed by atoms with Gasteiger partial charge in [0.25, 0.3) is 0 Å². The topological polar surface area (TPSA) is 121 Å². The minimum atomic E-state index is -0.591. The monoisotopic (exact) mass is 495 g/mol. The Morgan fingerprint density at radius 3 is 2.03 bits per heavy atom. The summed E-state index contributed by atoms with van der Waals surface area (Å²) >= 11 is 4.76. The van der Waals surface area contributed by atoms with Gasteiger partial charge < -0.3 is 24.7 Å². The minimum absolute atomic E-state index is 0.0543. The summed E-state index contributed by atoms with van der Waals surface area (Å²) in [6, 6.07) is 5.39. The maximum absolute atomic E-state index is 11.9. The van der Waals surface area contributed by atoms with Crippen molar-refractivity contribution in [3.05, 3.63) is 23.8 Å². The molecule has 0 heterocycles. The third-order valence-electron chi connectivity index (χ3n) is 5.26. The van der Waals surface area contributed by atoms with Crippen molar-refractivity contribution < 1.29 is 28.5 Å². The van der Waals surface area contributed by atoms with Crippen LogP contribution in [-0.2, 0) is 19.1 Å². The Morgan fingerprint density at radius 1 is 1.00 bits per heavy atom. The summed E-state index contributed by atoms with van der Waals surface area (Å²) in [5.74, 6) is 0.694. The van der Waals surface area contributed by atoms with Crippen molar-refractivity contribution >= 4 is 35.5 Å². The van der Waals surface area contributed by atoms with E-state index in [0.717, 1.165) is 0 Å². The summed E-state index contributed by atoms with van der Waals surface area (Å²) in [5.41, 5.74) is 7.47. The maximum Gasteiger partial charge on any atom is 0.311 e. The molecule has 1 aromatic carbocycles. The second-order valence-electron chi connectivity index (χ2n) is 9.09. The molecule has 0 amide bonds. The number of carbonyl (C=O) groups is 2. The lowest BCUT2D eigenvalue weighted by Crippen LogP contribution is -2.26. The highest BCUT2D eigenvalue weighted by molar-refractivity contribution is 7.80. The molecule has 9 nitrogen and oxygen atoms in total. The molecule has 0 aliphatic rings. The van der Waals surface area contributed by atoms with Crippen LogP contribution >= 0.6 is 12.2 Å². The highest BCUT2D eigenvalue weighted by Crippen LogP contribution is 2.28. The van der Waals surface area contributed by atoms with Gasteiger partial charge in [-0.1, -0.05) is 0 Å². The molecule has 34 heavy (non-hydrogen) atoms. The van der Waals surface area contributed by atoms with Gasteiger partial charge in [0, 0.05) is 11.6 Å². The molecule has 0 atom stereocenters. The molecule has 0 fully saturated rings. The predicted octanol–water partition coefficient (Wildman–Crippen LogP) is 3.57. The number of ether oxygens (including phenoxy) is 4. The average Bonchev–Trinajstić information content (AvgIpc) is 2.79. The van der Waals surface area contributed by atoms with Crippen molar-refractivity contribution in [3.63, 3.8) is 0 Å². The zero-order valence-electron chi connectivity index (χ0n) is 20.9. The van der Waals surface area contributed by atoms with Gasteiger partial charge in [0.1, 0.15) is 11.5 Å². The molecule has 190 valence electrons. The lowest BCUT2D eigenvalue weighted by Gasteiger charge is -2.21. The summed E-state index contributed by atoms with van der Waals surface area (Å²) in [6.45, 7) is 8.20. The molecule has 0 aliphatic carbocycles. The molecule has 0 aromatic heterocycles. The molecule has 1 aromatic rings. The van der Waals surface area contributed by atoms with Crippen LogP contribution in [0.3, 0.4) is 0 Å². The Morgan fingerprint density at radius 2 is 1.53 bits per heavy atom. The van der Waals surface area contributed by atoms with Crippen molar-refractivity contribution in [1.82, 2.24) is 5.43 Å². The van der Waals surface area contributed by atoms with Gasteiger partial charge >= 0.3 is 11.9 Å². The average molecular weight is 496 g/mol. The van der Waals surface area contributed by atoms with E-state index in [1.165, 1.54) is 14.2 Å². The second kappa shape index (κ2) is 13.7. The van der Waals surface area contributed by atoms with Gasteiger partial charge in [0.2, 0.25) is 0 Å². The third-order valence-corrected chi connectivity index (χ3v) is 5.35. The number of nitrogens with zero attached hydrogens (tertiary/aromatic N) is 1. The van der Waals surface area contributed by atoms with Crippen LogP contribution in [0.1, 0.15) is 58.9 Å². The number of carbonyl (C=O) groups excluding carboxylic acids is 2. The summed E-state index contributed by atoms with van der Waals surface area (Å²) in [4.78, 5) is 23.7. The largest absolute Gasteiger partial charge is 0.493 e. The molecule has 0 aliphatic heterocycles. The Hall–Kier alpha value is -2.88. The predicted molar refractivity (Wildman–Crippen MR) is 135 cm³/mol. The maximum atomic E-state index is 11.9. The molecule has 0 unspecified atom stereocenters. The van der Waals surface area contributed by atoms with Crippen LogP contribution in [-0.4, -0.2) is 50.7 Å². The van der Waals surface area contributed by atoms with Gasteiger partial charge in [-0.05, 0) is 77.7 Å². The number of benzene rings is 1. The number of hydrazone groups is 1. The van der Waals surface area contributed by atoms with Crippen LogP contribution in [0.15, 0.2) is 23.3 Å². The van der Waals surface area contributed by atoms with Crippen LogP contribution in [0.2, 0.25) is 0 Å². The van der Waals surface area contributed by atoms with Crippen molar-refractivity contribution in [2.75, 3.05) is 27.4 Å². The number of nitrogens with two attached hydrogens (primary N) is 1. The van der Waals surface area contributed by atoms with Crippen LogP contribution in [0.5, 0.6) is 11.5 Å². The summed E-state index contributed by atoms with van der Waals surface area (Å²) in [5, 5.41) is 4.05. The van der Waals surface area contributed by atoms with Gasteiger partial charge in [-0.3, -0.25) is 15.0 Å². The number of rotatable bonds is 14. The lowest BCUT2D eigenvalue weighted by atomic mass is 9.88. The molecule has 0 spiro atoms. The fraction of sp³-hybridized carbons (Fsp3) is 0.583. The molecule has 0 radical (unpaired) electrons. The first-order valence-electron chi connectivity index (χ1n) is 11.1. The fourth-order valence-corrected chi connectivity index (χ4v) is 3.21. The van der Waals surface area contributed by atoms with E-state index in [4.69, 9.17) is 36.9 Å².